The highest BCUT2D eigenvalue weighted by Gasteiger charge is 2.20. The molecule has 0 fully saturated rings. The molecule has 0 bridgehead atoms. The van der Waals surface area contributed by atoms with E-state index >= 15 is 0 Å². The fourth-order valence-electron chi connectivity index (χ4n) is 1.40. The van der Waals surface area contributed by atoms with Crippen LogP contribution in [0.15, 0.2) is 34.8 Å². The minimum Gasteiger partial charge on any atom is -0.480 e. The number of hydrogen-bond acceptors (Lipinski definition) is 3. The second kappa shape index (κ2) is 7.44. The zero-order valence-electron chi connectivity index (χ0n) is 10.4. The molecule has 0 radical (unpaired) electrons. The van der Waals surface area contributed by atoms with Crippen LogP contribution < -0.4 is 11.1 Å². The summed E-state index contributed by atoms with van der Waals surface area (Å²) < 4.78 is 0.859. The van der Waals surface area contributed by atoms with Crippen molar-refractivity contribution in [3.8, 4) is 0 Å². The van der Waals surface area contributed by atoms with Gasteiger partial charge in [0.1, 0.15) is 6.04 Å². The summed E-state index contributed by atoms with van der Waals surface area (Å²) in [6, 6.07) is 5.89. The number of aliphatic carboxylic acids is 1. The molecule has 0 aliphatic carbocycles. The van der Waals surface area contributed by atoms with Crippen molar-refractivity contribution in [2.75, 3.05) is 0 Å². The van der Waals surface area contributed by atoms with Gasteiger partial charge < -0.3 is 16.2 Å². The Labute approximate surface area is 123 Å². The van der Waals surface area contributed by atoms with Gasteiger partial charge in [0.05, 0.1) is 6.42 Å². The Bertz CT molecular complexity index is 557. The van der Waals surface area contributed by atoms with Crippen molar-refractivity contribution in [3.05, 3.63) is 40.4 Å². The second-order valence-electron chi connectivity index (χ2n) is 3.96. The predicted molar refractivity (Wildman–Crippen MR) is 76.6 cm³/mol. The first kappa shape index (κ1) is 15.9. The number of nitrogens with two attached hydrogens (primary N) is 1. The number of carboxylic acid groups (broad SMARTS) is 1. The van der Waals surface area contributed by atoms with E-state index in [1.54, 1.807) is 18.2 Å². The molecule has 0 spiro atoms. The quantitative estimate of drug-likeness (QED) is 0.668. The van der Waals surface area contributed by atoms with Crippen molar-refractivity contribution in [2.24, 2.45) is 5.73 Å². The molecule has 106 valence electrons. The van der Waals surface area contributed by atoms with Crippen LogP contribution in [-0.2, 0) is 14.4 Å². The van der Waals surface area contributed by atoms with Crippen LogP contribution in [0.3, 0.4) is 0 Å². The number of nitrogens with one attached hydrogen (secondary N) is 1. The van der Waals surface area contributed by atoms with Crippen LogP contribution in [0.4, 0.5) is 0 Å². The first-order valence-corrected chi connectivity index (χ1v) is 6.43. The fraction of sp³-hybridized carbons (Fsp3) is 0.154. The maximum Gasteiger partial charge on any atom is 0.326 e. The number of rotatable bonds is 6. The smallest absolute Gasteiger partial charge is 0.326 e. The van der Waals surface area contributed by atoms with Crippen LogP contribution in [0, 0.1) is 0 Å². The molecular formula is C13H13BrN2O4. The SMILES string of the molecule is NC(=O)C[C@H](NC(=O)C=Cc1cccc(Br)c1)C(=O)O. The van der Waals surface area contributed by atoms with E-state index in [-0.39, 0.29) is 0 Å². The van der Waals surface area contributed by atoms with Crippen LogP contribution >= 0.6 is 15.9 Å². The van der Waals surface area contributed by atoms with E-state index in [0.717, 1.165) is 10.0 Å². The Morgan fingerprint density at radius 2 is 2.10 bits per heavy atom. The molecule has 0 heterocycles. The average Bonchev–Trinajstić information content (AvgIpc) is 2.35. The highest BCUT2D eigenvalue weighted by molar-refractivity contribution is 9.10. The van der Waals surface area contributed by atoms with Gasteiger partial charge in [0.2, 0.25) is 11.8 Å². The molecule has 7 heteroatoms. The minimum absolute atomic E-state index is 0.453. The first-order chi connectivity index (χ1) is 9.38. The van der Waals surface area contributed by atoms with Gasteiger partial charge in [-0.2, -0.15) is 0 Å². The summed E-state index contributed by atoms with van der Waals surface area (Å²) in [6.07, 6.45) is 2.27. The first-order valence-electron chi connectivity index (χ1n) is 5.63. The molecule has 0 saturated heterocycles. The molecular weight excluding hydrogens is 328 g/mol. The minimum atomic E-state index is -1.33. The van der Waals surface area contributed by atoms with E-state index in [9.17, 15) is 14.4 Å². The van der Waals surface area contributed by atoms with E-state index < -0.39 is 30.2 Å². The van der Waals surface area contributed by atoms with Crippen LogP contribution in [0.5, 0.6) is 0 Å². The predicted octanol–water partition coefficient (Wildman–Crippen LogP) is 0.907. The molecule has 1 aromatic rings. The summed E-state index contributed by atoms with van der Waals surface area (Å²) in [4.78, 5) is 33.1. The Morgan fingerprint density at radius 3 is 2.65 bits per heavy atom. The van der Waals surface area contributed by atoms with Crippen LogP contribution in [0.25, 0.3) is 6.08 Å². The highest BCUT2D eigenvalue weighted by atomic mass is 79.9. The summed E-state index contributed by atoms with van der Waals surface area (Å²) in [7, 11) is 0. The number of hydrogen-bond donors (Lipinski definition) is 3. The van der Waals surface area contributed by atoms with Crippen LogP contribution in [-0.4, -0.2) is 28.9 Å². The number of primary amides is 1. The highest BCUT2D eigenvalue weighted by Crippen LogP contribution is 2.12. The van der Waals surface area contributed by atoms with Crippen molar-refractivity contribution in [2.45, 2.75) is 12.5 Å². The van der Waals surface area contributed by atoms with Crippen LogP contribution in [0.2, 0.25) is 0 Å². The van der Waals surface area contributed by atoms with E-state index in [2.05, 4.69) is 21.2 Å². The molecule has 0 aliphatic heterocycles. The summed E-state index contributed by atoms with van der Waals surface area (Å²) >= 11 is 3.29. The van der Waals surface area contributed by atoms with E-state index in [0.29, 0.717) is 0 Å². The van der Waals surface area contributed by atoms with Crippen molar-refractivity contribution >= 4 is 39.8 Å². The van der Waals surface area contributed by atoms with E-state index in [4.69, 9.17) is 10.8 Å². The van der Waals surface area contributed by atoms with Gasteiger partial charge >= 0.3 is 5.97 Å². The van der Waals surface area contributed by atoms with Gasteiger partial charge in [0, 0.05) is 10.5 Å². The van der Waals surface area contributed by atoms with E-state index in [1.807, 2.05) is 6.07 Å². The second-order valence-corrected chi connectivity index (χ2v) is 4.87. The molecule has 0 unspecified atom stereocenters. The molecule has 1 atom stereocenters. The monoisotopic (exact) mass is 340 g/mol. The molecule has 1 rings (SSSR count). The summed E-state index contributed by atoms with van der Waals surface area (Å²) in [5, 5.41) is 11.0. The number of amides is 2. The Kier molecular flexibility index (Phi) is 5.92. The molecule has 0 aliphatic rings. The topological polar surface area (TPSA) is 109 Å². The van der Waals surface area contributed by atoms with Gasteiger partial charge in [0.15, 0.2) is 0 Å². The Hall–Kier alpha value is -2.15. The van der Waals surface area contributed by atoms with Crippen molar-refractivity contribution < 1.29 is 19.5 Å². The van der Waals surface area contributed by atoms with Gasteiger partial charge in [-0.15, -0.1) is 0 Å². The molecule has 4 N–H and O–H groups in total. The van der Waals surface area contributed by atoms with Crippen molar-refractivity contribution in [3.63, 3.8) is 0 Å². The number of benzene rings is 1. The maximum atomic E-state index is 11.6. The molecule has 6 nitrogen and oxygen atoms in total. The number of halogens is 1. The number of carbonyl (C=O) groups excluding carboxylic acids is 2. The molecule has 2 amide bonds. The van der Waals surface area contributed by atoms with Gasteiger partial charge in [-0.25, -0.2) is 4.79 Å². The largest absolute Gasteiger partial charge is 0.480 e. The van der Waals surface area contributed by atoms with Gasteiger partial charge in [0.25, 0.3) is 0 Å². The third kappa shape index (κ3) is 5.66. The molecule has 20 heavy (non-hydrogen) atoms. The average molecular weight is 341 g/mol. The lowest BCUT2D eigenvalue weighted by Gasteiger charge is -2.10. The van der Waals surface area contributed by atoms with Gasteiger partial charge in [-0.05, 0) is 23.8 Å². The van der Waals surface area contributed by atoms with Crippen molar-refractivity contribution in [1.29, 1.82) is 0 Å². The molecule has 1 aromatic carbocycles. The zero-order valence-corrected chi connectivity index (χ0v) is 12.0. The van der Waals surface area contributed by atoms with E-state index in [1.165, 1.54) is 12.2 Å². The lowest BCUT2D eigenvalue weighted by atomic mass is 10.2. The normalized spacial score (nSPS) is 12.1. The summed E-state index contributed by atoms with van der Waals surface area (Å²) in [5.74, 6) is -2.72. The summed E-state index contributed by atoms with van der Waals surface area (Å²) in [6.45, 7) is 0. The maximum absolute atomic E-state index is 11.6. The standard InChI is InChI=1S/C13H13BrN2O4/c14-9-3-1-2-8(6-9)4-5-12(18)16-10(13(19)20)7-11(15)17/h1-6,10H,7H2,(H2,15,17)(H,16,18)(H,19,20)/t10-/m0/s1. The molecule has 0 saturated carbocycles. The summed E-state index contributed by atoms with van der Waals surface area (Å²) in [5.41, 5.74) is 5.69. The van der Waals surface area contributed by atoms with Crippen LogP contribution in [0.1, 0.15) is 12.0 Å². The third-order valence-electron chi connectivity index (χ3n) is 2.30. The zero-order chi connectivity index (χ0) is 15.1. The van der Waals surface area contributed by atoms with Gasteiger partial charge in [-0.1, -0.05) is 28.1 Å². The number of carbonyl (C=O) groups is 3. The third-order valence-corrected chi connectivity index (χ3v) is 2.79. The lowest BCUT2D eigenvalue weighted by molar-refractivity contribution is -0.142. The lowest BCUT2D eigenvalue weighted by Crippen LogP contribution is -2.42. The van der Waals surface area contributed by atoms with Gasteiger partial charge in [-0.3, -0.25) is 9.59 Å². The Morgan fingerprint density at radius 1 is 1.40 bits per heavy atom. The number of carboxylic acids is 1. The Balaban J connectivity index is 2.66. The van der Waals surface area contributed by atoms with Crippen molar-refractivity contribution in [1.82, 2.24) is 5.32 Å². The molecule has 0 aromatic heterocycles. The fourth-order valence-corrected chi connectivity index (χ4v) is 1.82.